The highest BCUT2D eigenvalue weighted by Crippen LogP contribution is 2.17. The van der Waals surface area contributed by atoms with Crippen LogP contribution in [0.15, 0.2) is 53.0 Å². The quantitative estimate of drug-likeness (QED) is 0.750. The fourth-order valence-electron chi connectivity index (χ4n) is 1.84. The van der Waals surface area contributed by atoms with E-state index in [9.17, 15) is 0 Å². The van der Waals surface area contributed by atoms with Crippen molar-refractivity contribution >= 4 is 27.5 Å². The summed E-state index contributed by atoms with van der Waals surface area (Å²) in [6.45, 7) is 3.56. The van der Waals surface area contributed by atoms with E-state index < -0.39 is 0 Å². The average molecular weight is 355 g/mol. The Morgan fingerprint density at radius 2 is 1.75 bits per heavy atom. The third-order valence-electron chi connectivity index (χ3n) is 3.00. The lowest BCUT2D eigenvalue weighted by Crippen LogP contribution is -2.24. The molecule has 106 valence electrons. The minimum absolute atomic E-state index is 0.279. The molecule has 20 heavy (non-hydrogen) atoms. The van der Waals surface area contributed by atoms with E-state index in [1.807, 2.05) is 48.5 Å². The molecule has 0 aromatic heterocycles. The molecule has 0 radical (unpaired) electrons. The second-order valence-corrected chi connectivity index (χ2v) is 5.88. The van der Waals surface area contributed by atoms with Crippen molar-refractivity contribution in [3.8, 4) is 5.75 Å². The molecule has 0 aliphatic carbocycles. The van der Waals surface area contributed by atoms with Gasteiger partial charge in [-0.2, -0.15) is 0 Å². The van der Waals surface area contributed by atoms with Gasteiger partial charge in [0.1, 0.15) is 12.4 Å². The van der Waals surface area contributed by atoms with Crippen LogP contribution in [-0.4, -0.2) is 13.2 Å². The fraction of sp³-hybridized carbons (Fsp3) is 0.250. The Morgan fingerprint density at radius 3 is 2.40 bits per heavy atom. The number of nitrogens with one attached hydrogen (secondary N) is 1. The minimum atomic E-state index is 0.279. The fourth-order valence-corrected chi connectivity index (χ4v) is 2.23. The van der Waals surface area contributed by atoms with Crippen LogP contribution in [0, 0.1) is 0 Å². The van der Waals surface area contributed by atoms with Gasteiger partial charge in [-0.05, 0) is 48.9 Å². The van der Waals surface area contributed by atoms with Crippen molar-refractivity contribution in [2.24, 2.45) is 0 Å². The Bertz CT molecular complexity index is 527. The van der Waals surface area contributed by atoms with E-state index in [2.05, 4.69) is 28.2 Å². The molecule has 0 amide bonds. The van der Waals surface area contributed by atoms with E-state index in [4.69, 9.17) is 16.3 Å². The molecule has 0 aliphatic heterocycles. The van der Waals surface area contributed by atoms with Gasteiger partial charge in [0, 0.05) is 22.1 Å². The Kier molecular flexibility index (Phi) is 5.89. The molecule has 2 aromatic carbocycles. The van der Waals surface area contributed by atoms with Crippen LogP contribution in [0.25, 0.3) is 0 Å². The lowest BCUT2D eigenvalue weighted by atomic mass is 10.1. The molecule has 2 nitrogen and oxygen atoms in total. The van der Waals surface area contributed by atoms with E-state index in [0.29, 0.717) is 6.61 Å². The summed E-state index contributed by atoms with van der Waals surface area (Å²) >= 11 is 9.28. The smallest absolute Gasteiger partial charge is 0.119 e. The number of benzene rings is 2. The van der Waals surface area contributed by atoms with Gasteiger partial charge in [-0.15, -0.1) is 0 Å². The molecule has 4 heteroatoms. The summed E-state index contributed by atoms with van der Waals surface area (Å²) in [4.78, 5) is 0. The SMILES string of the molecule is C[C@@H](NCCOc1ccc(Br)cc1)c1ccc(Cl)cc1. The van der Waals surface area contributed by atoms with Crippen LogP contribution in [0.4, 0.5) is 0 Å². The van der Waals surface area contributed by atoms with Crippen molar-refractivity contribution in [1.29, 1.82) is 0 Å². The molecule has 0 saturated heterocycles. The monoisotopic (exact) mass is 353 g/mol. The van der Waals surface area contributed by atoms with Crippen molar-refractivity contribution in [2.45, 2.75) is 13.0 Å². The lowest BCUT2D eigenvalue weighted by Gasteiger charge is -2.14. The predicted molar refractivity (Wildman–Crippen MR) is 87.5 cm³/mol. The van der Waals surface area contributed by atoms with Crippen LogP contribution in [0.1, 0.15) is 18.5 Å². The van der Waals surface area contributed by atoms with Crippen LogP contribution in [0.5, 0.6) is 5.75 Å². The number of hydrogen-bond acceptors (Lipinski definition) is 2. The van der Waals surface area contributed by atoms with Crippen molar-refractivity contribution in [1.82, 2.24) is 5.32 Å². The highest BCUT2D eigenvalue weighted by Gasteiger charge is 2.04. The van der Waals surface area contributed by atoms with Crippen LogP contribution >= 0.6 is 27.5 Å². The Labute approximate surface area is 133 Å². The van der Waals surface area contributed by atoms with E-state index >= 15 is 0 Å². The molecule has 0 heterocycles. The van der Waals surface area contributed by atoms with Crippen LogP contribution in [0.3, 0.4) is 0 Å². The molecule has 0 bridgehead atoms. The van der Waals surface area contributed by atoms with Gasteiger partial charge in [-0.1, -0.05) is 39.7 Å². The van der Waals surface area contributed by atoms with E-state index in [1.165, 1.54) is 5.56 Å². The van der Waals surface area contributed by atoms with Crippen LogP contribution in [0.2, 0.25) is 5.02 Å². The number of hydrogen-bond donors (Lipinski definition) is 1. The van der Waals surface area contributed by atoms with Crippen LogP contribution in [-0.2, 0) is 0 Å². The van der Waals surface area contributed by atoms with Crippen molar-refractivity contribution < 1.29 is 4.74 Å². The maximum atomic E-state index is 5.88. The van der Waals surface area contributed by atoms with Gasteiger partial charge in [0.15, 0.2) is 0 Å². The first-order valence-corrected chi connectivity index (χ1v) is 7.69. The normalized spacial score (nSPS) is 12.2. The number of halogens is 2. The highest BCUT2D eigenvalue weighted by molar-refractivity contribution is 9.10. The molecule has 2 rings (SSSR count). The van der Waals surface area contributed by atoms with Gasteiger partial charge in [0.05, 0.1) is 0 Å². The third kappa shape index (κ3) is 4.82. The summed E-state index contributed by atoms with van der Waals surface area (Å²) in [5.41, 5.74) is 1.22. The first-order chi connectivity index (χ1) is 9.65. The summed E-state index contributed by atoms with van der Waals surface area (Å²) in [7, 11) is 0. The first-order valence-electron chi connectivity index (χ1n) is 6.52. The first kappa shape index (κ1) is 15.4. The second kappa shape index (κ2) is 7.67. The maximum absolute atomic E-state index is 5.88. The van der Waals surface area contributed by atoms with Crippen molar-refractivity contribution in [2.75, 3.05) is 13.2 Å². The third-order valence-corrected chi connectivity index (χ3v) is 3.79. The number of rotatable bonds is 6. The largest absolute Gasteiger partial charge is 0.492 e. The molecule has 0 saturated carbocycles. The summed E-state index contributed by atoms with van der Waals surface area (Å²) < 4.78 is 6.72. The Balaban J connectivity index is 1.72. The van der Waals surface area contributed by atoms with Gasteiger partial charge in [0.25, 0.3) is 0 Å². The topological polar surface area (TPSA) is 21.3 Å². The van der Waals surface area contributed by atoms with Gasteiger partial charge in [-0.25, -0.2) is 0 Å². The molecular formula is C16H17BrClNO. The molecule has 0 aliphatic rings. The van der Waals surface area contributed by atoms with Crippen molar-refractivity contribution in [3.63, 3.8) is 0 Å². The Morgan fingerprint density at radius 1 is 1.10 bits per heavy atom. The van der Waals surface area contributed by atoms with Gasteiger partial charge in [-0.3, -0.25) is 0 Å². The molecule has 2 aromatic rings. The van der Waals surface area contributed by atoms with E-state index in [-0.39, 0.29) is 6.04 Å². The zero-order valence-corrected chi connectivity index (χ0v) is 13.6. The van der Waals surface area contributed by atoms with Crippen molar-refractivity contribution in [3.05, 3.63) is 63.6 Å². The summed E-state index contributed by atoms with van der Waals surface area (Å²) in [5.74, 6) is 0.883. The summed E-state index contributed by atoms with van der Waals surface area (Å²) in [6.07, 6.45) is 0. The van der Waals surface area contributed by atoms with Gasteiger partial charge >= 0.3 is 0 Å². The molecule has 0 unspecified atom stereocenters. The van der Waals surface area contributed by atoms with Crippen LogP contribution < -0.4 is 10.1 Å². The summed E-state index contributed by atoms with van der Waals surface area (Å²) in [5, 5.41) is 4.19. The minimum Gasteiger partial charge on any atom is -0.492 e. The zero-order valence-electron chi connectivity index (χ0n) is 11.3. The highest BCUT2D eigenvalue weighted by atomic mass is 79.9. The number of ether oxygens (including phenoxy) is 1. The molecule has 0 fully saturated rings. The average Bonchev–Trinajstić information content (AvgIpc) is 2.46. The van der Waals surface area contributed by atoms with E-state index in [0.717, 1.165) is 21.8 Å². The summed E-state index contributed by atoms with van der Waals surface area (Å²) in [6, 6.07) is 16.0. The van der Waals surface area contributed by atoms with Gasteiger partial charge in [0.2, 0.25) is 0 Å². The maximum Gasteiger partial charge on any atom is 0.119 e. The zero-order chi connectivity index (χ0) is 14.4. The Hall–Kier alpha value is -1.03. The van der Waals surface area contributed by atoms with E-state index in [1.54, 1.807) is 0 Å². The lowest BCUT2D eigenvalue weighted by molar-refractivity contribution is 0.307. The molecular weight excluding hydrogens is 338 g/mol. The molecule has 0 spiro atoms. The molecule has 1 atom stereocenters. The second-order valence-electron chi connectivity index (χ2n) is 4.53. The standard InChI is InChI=1S/C16H17BrClNO/c1-12(13-2-6-15(18)7-3-13)19-10-11-20-16-8-4-14(17)5-9-16/h2-9,12,19H,10-11H2,1H3/t12-/m1/s1. The predicted octanol–water partition coefficient (Wildman–Crippen LogP) is 4.83. The molecule has 1 N–H and O–H groups in total. The van der Waals surface area contributed by atoms with Gasteiger partial charge < -0.3 is 10.1 Å².